The zero-order valence-corrected chi connectivity index (χ0v) is 13.7. The van der Waals surface area contributed by atoms with E-state index in [2.05, 4.69) is 76.3 Å². The van der Waals surface area contributed by atoms with Gasteiger partial charge in [-0.2, -0.15) is 0 Å². The molecule has 2 aromatic heterocycles. The third-order valence-electron chi connectivity index (χ3n) is 4.63. The minimum Gasteiger partial charge on any atom is -0.337 e. The van der Waals surface area contributed by atoms with Gasteiger partial charge in [-0.25, -0.2) is 4.98 Å². The van der Waals surface area contributed by atoms with Crippen LogP contribution in [0.3, 0.4) is 0 Å². The van der Waals surface area contributed by atoms with Crippen LogP contribution in [-0.4, -0.2) is 14.5 Å². The summed E-state index contributed by atoms with van der Waals surface area (Å²) >= 11 is 0. The van der Waals surface area contributed by atoms with Gasteiger partial charge >= 0.3 is 0 Å². The fourth-order valence-electron chi connectivity index (χ4n) is 3.42. The molecule has 0 amide bonds. The van der Waals surface area contributed by atoms with Crippen LogP contribution in [0.15, 0.2) is 84.9 Å². The zero-order valence-electron chi connectivity index (χ0n) is 13.7. The summed E-state index contributed by atoms with van der Waals surface area (Å²) in [5.74, 6) is 0.910. The predicted molar refractivity (Wildman–Crippen MR) is 103 cm³/mol. The number of aromatic amines is 1. The smallest absolute Gasteiger partial charge is 0.155 e. The first kappa shape index (κ1) is 14.1. The minimum absolute atomic E-state index is 0.820. The predicted octanol–water partition coefficient (Wildman–Crippen LogP) is 5.23. The second-order valence-electron chi connectivity index (χ2n) is 6.26. The van der Waals surface area contributed by atoms with E-state index in [1.54, 1.807) is 0 Å². The van der Waals surface area contributed by atoms with Crippen LogP contribution in [0.5, 0.6) is 0 Å². The van der Waals surface area contributed by atoms with E-state index < -0.39 is 0 Å². The lowest BCUT2D eigenvalue weighted by Crippen LogP contribution is -2.02. The highest BCUT2D eigenvalue weighted by Crippen LogP contribution is 2.29. The van der Waals surface area contributed by atoms with Gasteiger partial charge in [0, 0.05) is 17.4 Å². The van der Waals surface area contributed by atoms with Crippen molar-refractivity contribution < 1.29 is 0 Å². The number of nitrogens with one attached hydrogen (secondary N) is 1. The highest BCUT2D eigenvalue weighted by Gasteiger charge is 2.14. The van der Waals surface area contributed by atoms with Gasteiger partial charge in [0.1, 0.15) is 0 Å². The molecule has 0 aliphatic carbocycles. The molecule has 5 rings (SSSR count). The van der Waals surface area contributed by atoms with E-state index >= 15 is 0 Å². The van der Waals surface area contributed by atoms with Crippen LogP contribution in [0.2, 0.25) is 0 Å². The summed E-state index contributed by atoms with van der Waals surface area (Å²) in [4.78, 5) is 8.27. The van der Waals surface area contributed by atoms with E-state index in [0.29, 0.717) is 0 Å². The number of hydrogen-bond acceptors (Lipinski definition) is 1. The standard InChI is InChI=1S/C22H17N3/c1-2-8-16(9-3-1)15-25-20-13-7-4-10-17(20)14-21(25)22-23-18-11-5-6-12-19(18)24-22/h1-14H,15H2,(H,23,24). The second kappa shape index (κ2) is 5.64. The summed E-state index contributed by atoms with van der Waals surface area (Å²) in [5.41, 5.74) is 5.67. The average Bonchev–Trinajstić information content (AvgIpc) is 3.24. The van der Waals surface area contributed by atoms with Gasteiger partial charge in [0.15, 0.2) is 5.82 Å². The van der Waals surface area contributed by atoms with Gasteiger partial charge in [-0.15, -0.1) is 0 Å². The molecule has 0 unspecified atom stereocenters. The number of fused-ring (bicyclic) bond motifs is 2. The molecule has 25 heavy (non-hydrogen) atoms. The Bertz CT molecular complexity index is 1130. The Morgan fingerprint density at radius 3 is 2.44 bits per heavy atom. The highest BCUT2D eigenvalue weighted by atomic mass is 15.0. The van der Waals surface area contributed by atoms with E-state index in [1.165, 1.54) is 16.5 Å². The van der Waals surface area contributed by atoms with Crippen LogP contribution in [0.25, 0.3) is 33.5 Å². The Labute approximate surface area is 145 Å². The van der Waals surface area contributed by atoms with Gasteiger partial charge < -0.3 is 9.55 Å². The van der Waals surface area contributed by atoms with Crippen molar-refractivity contribution >= 4 is 21.9 Å². The van der Waals surface area contributed by atoms with Crippen LogP contribution in [-0.2, 0) is 6.54 Å². The molecule has 0 radical (unpaired) electrons. The van der Waals surface area contributed by atoms with Crippen molar-refractivity contribution in [2.24, 2.45) is 0 Å². The topological polar surface area (TPSA) is 33.6 Å². The number of nitrogens with zero attached hydrogens (tertiary/aromatic N) is 2. The maximum absolute atomic E-state index is 4.80. The van der Waals surface area contributed by atoms with E-state index in [-0.39, 0.29) is 0 Å². The van der Waals surface area contributed by atoms with Crippen LogP contribution >= 0.6 is 0 Å². The monoisotopic (exact) mass is 323 g/mol. The van der Waals surface area contributed by atoms with E-state index in [9.17, 15) is 0 Å². The quantitative estimate of drug-likeness (QED) is 0.484. The fraction of sp³-hybridized carbons (Fsp3) is 0.0455. The number of para-hydroxylation sites is 3. The maximum Gasteiger partial charge on any atom is 0.155 e. The molecule has 0 spiro atoms. The number of hydrogen-bond donors (Lipinski definition) is 1. The number of benzene rings is 3. The Balaban J connectivity index is 1.72. The Hall–Kier alpha value is -3.33. The van der Waals surface area contributed by atoms with Gasteiger partial charge in [-0.05, 0) is 29.8 Å². The van der Waals surface area contributed by atoms with Gasteiger partial charge in [0.05, 0.1) is 16.7 Å². The first-order chi connectivity index (χ1) is 12.4. The molecule has 5 aromatic rings. The minimum atomic E-state index is 0.820. The molecule has 0 aliphatic rings. The molecule has 0 saturated carbocycles. The van der Waals surface area contributed by atoms with E-state index in [0.717, 1.165) is 29.1 Å². The number of imidazole rings is 1. The van der Waals surface area contributed by atoms with Crippen LogP contribution in [0.1, 0.15) is 5.56 Å². The molecule has 0 saturated heterocycles. The van der Waals surface area contributed by atoms with Gasteiger partial charge in [-0.3, -0.25) is 0 Å². The normalized spacial score (nSPS) is 11.4. The summed E-state index contributed by atoms with van der Waals surface area (Å²) in [6.07, 6.45) is 0. The van der Waals surface area contributed by atoms with Crippen LogP contribution in [0, 0.1) is 0 Å². The second-order valence-corrected chi connectivity index (χ2v) is 6.26. The average molecular weight is 323 g/mol. The lowest BCUT2D eigenvalue weighted by molar-refractivity contribution is 0.839. The largest absolute Gasteiger partial charge is 0.337 e. The molecular weight excluding hydrogens is 306 g/mol. The summed E-state index contributed by atoms with van der Waals surface area (Å²) in [6.45, 7) is 0.820. The third-order valence-corrected chi connectivity index (χ3v) is 4.63. The SMILES string of the molecule is c1ccc(Cn2c(-c3nc4ccccc4[nH]3)cc3ccccc32)cc1. The van der Waals surface area contributed by atoms with Crippen molar-refractivity contribution in [3.05, 3.63) is 90.5 Å². The molecule has 3 aromatic carbocycles. The van der Waals surface area contributed by atoms with Crippen molar-refractivity contribution in [3.8, 4) is 11.5 Å². The van der Waals surface area contributed by atoms with Gasteiger partial charge in [-0.1, -0.05) is 60.7 Å². The molecule has 0 atom stereocenters. The van der Waals surface area contributed by atoms with Gasteiger partial charge in [0.2, 0.25) is 0 Å². The van der Waals surface area contributed by atoms with Crippen molar-refractivity contribution in [2.45, 2.75) is 6.54 Å². The van der Waals surface area contributed by atoms with Crippen molar-refractivity contribution in [3.63, 3.8) is 0 Å². The first-order valence-corrected chi connectivity index (χ1v) is 8.46. The Morgan fingerprint density at radius 1 is 0.800 bits per heavy atom. The molecule has 0 aliphatic heterocycles. The lowest BCUT2D eigenvalue weighted by Gasteiger charge is -2.09. The van der Waals surface area contributed by atoms with Crippen molar-refractivity contribution in [1.29, 1.82) is 0 Å². The van der Waals surface area contributed by atoms with Crippen LogP contribution in [0.4, 0.5) is 0 Å². The van der Waals surface area contributed by atoms with Crippen molar-refractivity contribution in [2.75, 3.05) is 0 Å². The molecule has 3 heteroatoms. The Kier molecular flexibility index (Phi) is 3.17. The molecule has 1 N–H and O–H groups in total. The maximum atomic E-state index is 4.80. The number of H-pyrrole nitrogens is 1. The van der Waals surface area contributed by atoms with Crippen LogP contribution < -0.4 is 0 Å². The number of rotatable bonds is 3. The summed E-state index contributed by atoms with van der Waals surface area (Å²) < 4.78 is 2.34. The lowest BCUT2D eigenvalue weighted by atomic mass is 10.2. The summed E-state index contributed by atoms with van der Waals surface area (Å²) in [5, 5.41) is 1.23. The van der Waals surface area contributed by atoms with Crippen molar-refractivity contribution in [1.82, 2.24) is 14.5 Å². The molecule has 0 bridgehead atoms. The first-order valence-electron chi connectivity index (χ1n) is 8.46. The van der Waals surface area contributed by atoms with E-state index in [1.807, 2.05) is 18.2 Å². The molecular formula is C22H17N3. The zero-order chi connectivity index (χ0) is 16.6. The summed E-state index contributed by atoms with van der Waals surface area (Å²) in [7, 11) is 0. The molecule has 120 valence electrons. The molecule has 2 heterocycles. The molecule has 3 nitrogen and oxygen atoms in total. The van der Waals surface area contributed by atoms with Gasteiger partial charge in [0.25, 0.3) is 0 Å². The fourth-order valence-corrected chi connectivity index (χ4v) is 3.42. The number of aromatic nitrogens is 3. The highest BCUT2D eigenvalue weighted by molar-refractivity contribution is 5.88. The summed E-state index contributed by atoms with van der Waals surface area (Å²) in [6, 6.07) is 29.4. The molecule has 0 fully saturated rings. The third kappa shape index (κ3) is 2.41. The van der Waals surface area contributed by atoms with E-state index in [4.69, 9.17) is 4.98 Å². The Morgan fingerprint density at radius 2 is 1.56 bits per heavy atom.